The van der Waals surface area contributed by atoms with E-state index in [9.17, 15) is 0 Å². The van der Waals surface area contributed by atoms with Crippen LogP contribution < -0.4 is 0 Å². The zero-order chi connectivity index (χ0) is 14.2. The Balaban J connectivity index is 2.79. The predicted octanol–water partition coefficient (Wildman–Crippen LogP) is 3.46. The smallest absolute Gasteiger partial charge is 0.401 e. The van der Waals surface area contributed by atoms with Crippen LogP contribution in [0.5, 0.6) is 0 Å². The van der Waals surface area contributed by atoms with Gasteiger partial charge in [-0.2, -0.15) is 0 Å². The highest BCUT2D eigenvalue weighted by molar-refractivity contribution is 6.49. The van der Waals surface area contributed by atoms with Crippen molar-refractivity contribution in [2.75, 3.05) is 6.61 Å². The van der Waals surface area contributed by atoms with Gasteiger partial charge in [0.25, 0.3) is 0 Å². The molecule has 1 unspecified atom stereocenters. The van der Waals surface area contributed by atoms with Crippen LogP contribution in [0.25, 0.3) is 0 Å². The molecule has 106 valence electrons. The minimum Gasteiger partial charge on any atom is -0.401 e. The van der Waals surface area contributed by atoms with Gasteiger partial charge in [0, 0.05) is 6.61 Å². The third-order valence-electron chi connectivity index (χ3n) is 4.20. The SMILES string of the molecule is CCC(C)(OCC(C)C)B1OC(C)(C)C(C)(C)O1. The molecule has 0 aromatic heterocycles. The summed E-state index contributed by atoms with van der Waals surface area (Å²) in [5.41, 5.74) is -0.972. The van der Waals surface area contributed by atoms with Crippen molar-refractivity contribution in [2.24, 2.45) is 5.92 Å². The van der Waals surface area contributed by atoms with Crippen LogP contribution in [0.15, 0.2) is 0 Å². The van der Waals surface area contributed by atoms with Gasteiger partial charge in [-0.3, -0.25) is 0 Å². The van der Waals surface area contributed by atoms with Crippen molar-refractivity contribution >= 4 is 7.12 Å². The molecule has 4 heteroatoms. The van der Waals surface area contributed by atoms with Crippen molar-refractivity contribution in [3.05, 3.63) is 0 Å². The molecule has 0 N–H and O–H groups in total. The molecule has 1 saturated heterocycles. The van der Waals surface area contributed by atoms with Crippen LogP contribution in [0, 0.1) is 5.92 Å². The van der Waals surface area contributed by atoms with Gasteiger partial charge in [0.1, 0.15) is 5.50 Å². The summed E-state index contributed by atoms with van der Waals surface area (Å²) in [6.45, 7) is 17.5. The molecular weight excluding hydrogens is 227 g/mol. The lowest BCUT2D eigenvalue weighted by atomic mass is 9.66. The second-order valence-electron chi connectivity index (χ2n) is 6.96. The highest BCUT2D eigenvalue weighted by Gasteiger charge is 2.58. The molecule has 1 aliphatic heterocycles. The molecule has 0 aromatic rings. The first kappa shape index (κ1) is 16.0. The molecule has 1 rings (SSSR count). The summed E-state index contributed by atoms with van der Waals surface area (Å²) in [5, 5.41) is 0. The van der Waals surface area contributed by atoms with Crippen LogP contribution in [-0.4, -0.2) is 30.4 Å². The Labute approximate surface area is 113 Å². The van der Waals surface area contributed by atoms with Crippen molar-refractivity contribution in [1.82, 2.24) is 0 Å². The first-order chi connectivity index (χ1) is 8.04. The molecule has 18 heavy (non-hydrogen) atoms. The molecular formula is C14H29BO3. The van der Waals surface area contributed by atoms with Gasteiger partial charge < -0.3 is 14.0 Å². The van der Waals surface area contributed by atoms with Gasteiger partial charge in [-0.05, 0) is 47.0 Å². The number of rotatable bonds is 5. The van der Waals surface area contributed by atoms with Crippen molar-refractivity contribution < 1.29 is 14.0 Å². The number of ether oxygens (including phenoxy) is 1. The van der Waals surface area contributed by atoms with E-state index in [2.05, 4.69) is 55.4 Å². The molecule has 3 nitrogen and oxygen atoms in total. The molecule has 0 radical (unpaired) electrons. The Kier molecular flexibility index (Phi) is 4.57. The molecule has 1 aliphatic rings. The van der Waals surface area contributed by atoms with Gasteiger partial charge in [-0.1, -0.05) is 20.8 Å². The zero-order valence-electron chi connectivity index (χ0n) is 13.3. The summed E-state index contributed by atoms with van der Waals surface area (Å²) >= 11 is 0. The van der Waals surface area contributed by atoms with Crippen molar-refractivity contribution in [3.8, 4) is 0 Å². The summed E-state index contributed by atoms with van der Waals surface area (Å²) in [7, 11) is -0.300. The minimum atomic E-state index is -0.380. The highest BCUT2D eigenvalue weighted by atomic mass is 16.7. The highest BCUT2D eigenvalue weighted by Crippen LogP contribution is 2.41. The van der Waals surface area contributed by atoms with E-state index in [0.29, 0.717) is 5.92 Å². The van der Waals surface area contributed by atoms with Crippen molar-refractivity contribution in [3.63, 3.8) is 0 Å². The zero-order valence-corrected chi connectivity index (χ0v) is 13.3. The van der Waals surface area contributed by atoms with Crippen LogP contribution in [0.3, 0.4) is 0 Å². The lowest BCUT2D eigenvalue weighted by Crippen LogP contribution is -2.48. The van der Waals surface area contributed by atoms with E-state index in [1.165, 1.54) is 0 Å². The largest absolute Gasteiger partial charge is 0.491 e. The maximum absolute atomic E-state index is 6.11. The first-order valence-corrected chi connectivity index (χ1v) is 7.03. The van der Waals surface area contributed by atoms with Gasteiger partial charge in [-0.15, -0.1) is 0 Å². The van der Waals surface area contributed by atoms with E-state index >= 15 is 0 Å². The van der Waals surface area contributed by atoms with E-state index in [0.717, 1.165) is 13.0 Å². The molecule has 1 fully saturated rings. The lowest BCUT2D eigenvalue weighted by molar-refractivity contribution is -0.0159. The Hall–Kier alpha value is -0.0551. The first-order valence-electron chi connectivity index (χ1n) is 7.03. The lowest BCUT2D eigenvalue weighted by Gasteiger charge is -2.32. The van der Waals surface area contributed by atoms with Crippen LogP contribution in [0.2, 0.25) is 0 Å². The monoisotopic (exact) mass is 256 g/mol. The molecule has 1 atom stereocenters. The quantitative estimate of drug-likeness (QED) is 0.705. The fraction of sp³-hybridized carbons (Fsp3) is 1.00. The van der Waals surface area contributed by atoms with Crippen LogP contribution in [0.1, 0.15) is 61.8 Å². The number of hydrogen-bond acceptors (Lipinski definition) is 3. The summed E-state index contributed by atoms with van der Waals surface area (Å²) in [5.74, 6) is 0.512. The van der Waals surface area contributed by atoms with Gasteiger partial charge in [0.05, 0.1) is 11.2 Å². The molecule has 1 heterocycles. The molecule has 0 aromatic carbocycles. The Bertz CT molecular complexity index is 273. The Morgan fingerprint density at radius 2 is 1.56 bits per heavy atom. The molecule has 0 bridgehead atoms. The van der Waals surface area contributed by atoms with E-state index in [1.807, 2.05) is 0 Å². The standard InChI is InChI=1S/C14H29BO3/c1-9-14(8,16-10-11(2)3)15-17-12(4,5)13(6,7)18-15/h11H,9-10H2,1-8H3. The summed E-state index contributed by atoms with van der Waals surface area (Å²) in [6.07, 6.45) is 0.872. The van der Waals surface area contributed by atoms with Gasteiger partial charge in [-0.25, -0.2) is 0 Å². The van der Waals surface area contributed by atoms with Gasteiger partial charge in [0.2, 0.25) is 0 Å². The summed E-state index contributed by atoms with van der Waals surface area (Å²) < 4.78 is 18.3. The molecule has 0 aliphatic carbocycles. The fourth-order valence-electron chi connectivity index (χ4n) is 1.79. The van der Waals surface area contributed by atoms with Gasteiger partial charge >= 0.3 is 7.12 Å². The molecule has 0 saturated carbocycles. The third kappa shape index (κ3) is 3.09. The molecule has 0 spiro atoms. The Morgan fingerprint density at radius 1 is 1.11 bits per heavy atom. The van der Waals surface area contributed by atoms with Crippen LogP contribution >= 0.6 is 0 Å². The minimum absolute atomic E-state index is 0.296. The maximum atomic E-state index is 6.11. The van der Waals surface area contributed by atoms with E-state index < -0.39 is 0 Å². The summed E-state index contributed by atoms with van der Waals surface area (Å²) in [6, 6.07) is 0. The van der Waals surface area contributed by atoms with E-state index in [1.54, 1.807) is 0 Å². The average Bonchev–Trinajstić information content (AvgIpc) is 2.45. The fourth-order valence-corrected chi connectivity index (χ4v) is 1.79. The Morgan fingerprint density at radius 3 is 1.89 bits per heavy atom. The van der Waals surface area contributed by atoms with E-state index in [-0.39, 0.29) is 23.8 Å². The third-order valence-corrected chi connectivity index (χ3v) is 4.20. The normalized spacial score (nSPS) is 25.5. The number of hydrogen-bond donors (Lipinski definition) is 0. The topological polar surface area (TPSA) is 27.7 Å². The van der Waals surface area contributed by atoms with Gasteiger partial charge in [0.15, 0.2) is 0 Å². The average molecular weight is 256 g/mol. The van der Waals surface area contributed by atoms with Crippen molar-refractivity contribution in [2.45, 2.75) is 78.5 Å². The van der Waals surface area contributed by atoms with Crippen LogP contribution in [-0.2, 0) is 14.0 Å². The van der Waals surface area contributed by atoms with Crippen molar-refractivity contribution in [1.29, 1.82) is 0 Å². The maximum Gasteiger partial charge on any atom is 0.491 e. The predicted molar refractivity (Wildman–Crippen MR) is 75.6 cm³/mol. The molecule has 0 amide bonds. The second kappa shape index (κ2) is 5.14. The second-order valence-corrected chi connectivity index (χ2v) is 6.96. The van der Waals surface area contributed by atoms with E-state index in [4.69, 9.17) is 14.0 Å². The summed E-state index contributed by atoms with van der Waals surface area (Å²) in [4.78, 5) is 0. The van der Waals surface area contributed by atoms with Crippen LogP contribution in [0.4, 0.5) is 0 Å².